The number of carbonyl (C=O) groups is 1. The lowest BCUT2D eigenvalue weighted by atomic mass is 10.1. The summed E-state index contributed by atoms with van der Waals surface area (Å²) in [4.78, 5) is 22.1. The maximum absolute atomic E-state index is 13.0. The molecule has 2 aromatic rings. The summed E-state index contributed by atoms with van der Waals surface area (Å²) in [5, 5.41) is 0. The number of amides is 1. The van der Waals surface area contributed by atoms with E-state index >= 15 is 0 Å². The molecule has 0 spiro atoms. The number of benzene rings is 1. The second-order valence-corrected chi connectivity index (χ2v) is 6.98. The van der Waals surface area contributed by atoms with Gasteiger partial charge in [-0.15, -0.1) is 0 Å². The second kappa shape index (κ2) is 6.84. The largest absolute Gasteiger partial charge is 0.318 e. The third kappa shape index (κ3) is 3.12. The minimum absolute atomic E-state index is 0.00746. The van der Waals surface area contributed by atoms with E-state index in [2.05, 4.69) is 47.1 Å². The molecule has 0 saturated carbocycles. The predicted molar refractivity (Wildman–Crippen MR) is 97.9 cm³/mol. The molecule has 0 aliphatic carbocycles. The Hall–Kier alpha value is -2.40. The summed E-state index contributed by atoms with van der Waals surface area (Å²) >= 11 is 0. The summed E-state index contributed by atoms with van der Waals surface area (Å²) in [6.45, 7) is 6.84. The smallest absolute Gasteiger partial charge is 0.284 e. The Kier molecular flexibility index (Phi) is 4.40. The van der Waals surface area contributed by atoms with Crippen LogP contribution in [0, 0.1) is 0 Å². The Balaban J connectivity index is 1.39. The topological polar surface area (TPSA) is 42.1 Å². The van der Waals surface area contributed by atoms with Gasteiger partial charge in [-0.1, -0.05) is 24.3 Å². The quantitative estimate of drug-likeness (QED) is 0.868. The van der Waals surface area contributed by atoms with Crippen molar-refractivity contribution in [1.29, 1.82) is 0 Å². The maximum Gasteiger partial charge on any atom is 0.284 e. The van der Waals surface area contributed by atoms with E-state index in [1.807, 2.05) is 23.2 Å². The van der Waals surface area contributed by atoms with E-state index in [0.29, 0.717) is 0 Å². The molecule has 0 radical (unpaired) electrons. The maximum atomic E-state index is 13.0. The molecular weight excluding hydrogens is 312 g/mol. The van der Waals surface area contributed by atoms with Gasteiger partial charge in [-0.25, -0.2) is 4.98 Å². The van der Waals surface area contributed by atoms with Gasteiger partial charge in [0.15, 0.2) is 6.04 Å². The highest BCUT2D eigenvalue weighted by atomic mass is 16.2. The van der Waals surface area contributed by atoms with Crippen LogP contribution in [0.1, 0.15) is 12.5 Å². The van der Waals surface area contributed by atoms with E-state index in [4.69, 9.17) is 0 Å². The monoisotopic (exact) mass is 338 g/mol. The number of pyridine rings is 1. The van der Waals surface area contributed by atoms with Crippen LogP contribution in [-0.2, 0) is 11.2 Å². The number of nitrogens with zero attached hydrogens (tertiary/aromatic N) is 2. The number of aromatic amines is 1. The van der Waals surface area contributed by atoms with Crippen molar-refractivity contribution in [3.63, 3.8) is 0 Å². The SMILES string of the molecule is C[C@H](C(=O)N1CCc2ccccc21)[NH+]1CCN(c2cccc[nH+]2)CC1. The fourth-order valence-electron chi connectivity index (χ4n) is 4.02. The lowest BCUT2D eigenvalue weighted by molar-refractivity contribution is -0.914. The normalized spacial score (nSPS) is 18.9. The van der Waals surface area contributed by atoms with Gasteiger partial charge in [0, 0.05) is 18.3 Å². The van der Waals surface area contributed by atoms with Gasteiger partial charge < -0.3 is 9.80 Å². The number of quaternary nitrogens is 1. The molecule has 0 bridgehead atoms. The van der Waals surface area contributed by atoms with Crippen molar-refractivity contribution in [2.75, 3.05) is 42.5 Å². The summed E-state index contributed by atoms with van der Waals surface area (Å²) in [5.41, 5.74) is 2.40. The van der Waals surface area contributed by atoms with Crippen molar-refractivity contribution in [2.24, 2.45) is 0 Å². The number of piperazine rings is 1. The Bertz CT molecular complexity index is 740. The summed E-state index contributed by atoms with van der Waals surface area (Å²) < 4.78 is 0. The molecule has 1 aromatic heterocycles. The van der Waals surface area contributed by atoms with E-state index in [9.17, 15) is 4.79 Å². The highest BCUT2D eigenvalue weighted by molar-refractivity contribution is 5.97. The van der Waals surface area contributed by atoms with Gasteiger partial charge in [0.25, 0.3) is 11.7 Å². The van der Waals surface area contributed by atoms with E-state index in [0.717, 1.165) is 50.6 Å². The van der Waals surface area contributed by atoms with Crippen LogP contribution in [0.3, 0.4) is 0 Å². The van der Waals surface area contributed by atoms with Crippen LogP contribution in [0.5, 0.6) is 0 Å². The molecule has 5 heteroatoms. The number of H-pyrrole nitrogens is 1. The molecule has 130 valence electrons. The number of carbonyl (C=O) groups excluding carboxylic acids is 1. The molecule has 1 fully saturated rings. The molecule has 1 amide bonds. The number of aromatic nitrogens is 1. The first-order chi connectivity index (χ1) is 12.2. The first kappa shape index (κ1) is 16.1. The molecule has 1 aromatic carbocycles. The number of nitrogens with one attached hydrogen (secondary N) is 2. The molecule has 4 rings (SSSR count). The number of rotatable bonds is 3. The van der Waals surface area contributed by atoms with Crippen molar-refractivity contribution < 1.29 is 14.7 Å². The van der Waals surface area contributed by atoms with Crippen molar-refractivity contribution in [1.82, 2.24) is 0 Å². The average molecular weight is 338 g/mol. The Morgan fingerprint density at radius 2 is 1.84 bits per heavy atom. The molecule has 1 saturated heterocycles. The highest BCUT2D eigenvalue weighted by Crippen LogP contribution is 2.27. The number of hydrogen-bond acceptors (Lipinski definition) is 2. The molecule has 1 atom stereocenters. The van der Waals surface area contributed by atoms with Gasteiger partial charge in [-0.05, 0) is 31.0 Å². The van der Waals surface area contributed by atoms with Crippen LogP contribution < -0.4 is 19.7 Å². The number of anilines is 2. The van der Waals surface area contributed by atoms with Crippen LogP contribution in [-0.4, -0.2) is 44.7 Å². The summed E-state index contributed by atoms with van der Waals surface area (Å²) in [6, 6.07) is 14.5. The third-order valence-electron chi connectivity index (χ3n) is 5.57. The van der Waals surface area contributed by atoms with Gasteiger partial charge >= 0.3 is 0 Å². The number of hydrogen-bond donors (Lipinski definition) is 1. The minimum Gasteiger partial charge on any atom is -0.318 e. The zero-order valence-electron chi connectivity index (χ0n) is 14.7. The Morgan fingerprint density at radius 1 is 1.08 bits per heavy atom. The lowest BCUT2D eigenvalue weighted by Gasteiger charge is -2.33. The van der Waals surface area contributed by atoms with E-state index < -0.39 is 0 Å². The fourth-order valence-corrected chi connectivity index (χ4v) is 4.02. The molecule has 2 N–H and O–H groups in total. The summed E-state index contributed by atoms with van der Waals surface area (Å²) in [5.74, 6) is 1.42. The molecule has 2 aliphatic rings. The lowest BCUT2D eigenvalue weighted by Crippen LogP contribution is -3.19. The summed E-state index contributed by atoms with van der Waals surface area (Å²) in [6.07, 6.45) is 2.94. The Morgan fingerprint density at radius 3 is 2.60 bits per heavy atom. The van der Waals surface area contributed by atoms with Crippen LogP contribution >= 0.6 is 0 Å². The van der Waals surface area contributed by atoms with Crippen LogP contribution in [0.25, 0.3) is 0 Å². The molecule has 3 heterocycles. The first-order valence-corrected chi connectivity index (χ1v) is 9.19. The number of fused-ring (bicyclic) bond motifs is 1. The molecule has 0 unspecified atom stereocenters. The van der Waals surface area contributed by atoms with Crippen molar-refractivity contribution in [2.45, 2.75) is 19.4 Å². The second-order valence-electron chi connectivity index (χ2n) is 6.98. The Labute approximate surface area is 148 Å². The van der Waals surface area contributed by atoms with Gasteiger partial charge in [0.2, 0.25) is 0 Å². The molecular formula is C20H26N4O+2. The van der Waals surface area contributed by atoms with Crippen molar-refractivity contribution >= 4 is 17.4 Å². The van der Waals surface area contributed by atoms with Crippen LogP contribution in [0.15, 0.2) is 48.7 Å². The van der Waals surface area contributed by atoms with E-state index in [1.54, 1.807) is 0 Å². The predicted octanol–water partition coefficient (Wildman–Crippen LogP) is 0.183. The molecule has 2 aliphatic heterocycles. The number of para-hydroxylation sites is 1. The molecule has 5 nitrogen and oxygen atoms in total. The molecule has 25 heavy (non-hydrogen) atoms. The zero-order valence-corrected chi connectivity index (χ0v) is 14.7. The van der Waals surface area contributed by atoms with Crippen LogP contribution in [0.2, 0.25) is 0 Å². The van der Waals surface area contributed by atoms with E-state index in [1.165, 1.54) is 10.5 Å². The van der Waals surface area contributed by atoms with Crippen molar-refractivity contribution in [3.8, 4) is 0 Å². The van der Waals surface area contributed by atoms with Gasteiger partial charge in [-0.2, -0.15) is 0 Å². The zero-order chi connectivity index (χ0) is 17.2. The first-order valence-electron chi connectivity index (χ1n) is 9.19. The average Bonchev–Trinajstić information content (AvgIpc) is 3.12. The van der Waals surface area contributed by atoms with Gasteiger partial charge in [-0.3, -0.25) is 9.69 Å². The third-order valence-corrected chi connectivity index (χ3v) is 5.57. The fraction of sp³-hybridized carbons (Fsp3) is 0.400. The van der Waals surface area contributed by atoms with Crippen molar-refractivity contribution in [3.05, 3.63) is 54.2 Å². The highest BCUT2D eigenvalue weighted by Gasteiger charge is 2.36. The van der Waals surface area contributed by atoms with Gasteiger partial charge in [0.05, 0.1) is 6.20 Å². The van der Waals surface area contributed by atoms with Gasteiger partial charge in [0.1, 0.15) is 26.2 Å². The standard InChI is InChI=1S/C20H24N4O/c1-16(20(25)24-11-9-17-6-2-3-7-18(17)24)22-12-14-23(15-13-22)19-8-4-5-10-21-19/h2-8,10,16H,9,11-15H2,1H3/p+2/t16-/m1/s1. The minimum atomic E-state index is 0.00746. The summed E-state index contributed by atoms with van der Waals surface area (Å²) in [7, 11) is 0. The van der Waals surface area contributed by atoms with Crippen LogP contribution in [0.4, 0.5) is 11.5 Å². The van der Waals surface area contributed by atoms with E-state index in [-0.39, 0.29) is 11.9 Å².